The third-order valence-corrected chi connectivity index (χ3v) is 2.94. The number of aromatic nitrogens is 2. The number of nitrogens with zero attached hydrogens (tertiary/aromatic N) is 2. The van der Waals surface area contributed by atoms with Crippen molar-refractivity contribution in [1.82, 2.24) is 9.97 Å². The molecule has 0 spiro atoms. The molecule has 7 heteroatoms. The lowest BCUT2D eigenvalue weighted by atomic mass is 10.3. The lowest BCUT2D eigenvalue weighted by Gasteiger charge is -2.08. The molecule has 1 heterocycles. The summed E-state index contributed by atoms with van der Waals surface area (Å²) < 4.78 is 12.8. The normalized spacial score (nSPS) is 10.4. The van der Waals surface area contributed by atoms with Gasteiger partial charge in [0.25, 0.3) is 0 Å². The molecular weight excluding hydrogens is 287 g/mol. The van der Waals surface area contributed by atoms with Gasteiger partial charge in [-0.3, -0.25) is 0 Å². The monoisotopic (exact) mass is 291 g/mol. The average molecular weight is 293 g/mol. The van der Waals surface area contributed by atoms with Crippen molar-refractivity contribution in [2.75, 3.05) is 5.32 Å². The Hall–Kier alpha value is -1.10. The topological polar surface area (TPSA) is 37.8 Å². The number of hydrogen-bond acceptors (Lipinski definition) is 3. The van der Waals surface area contributed by atoms with Crippen molar-refractivity contribution in [1.29, 1.82) is 0 Å². The van der Waals surface area contributed by atoms with Gasteiger partial charge in [0.1, 0.15) is 12.1 Å². The Bertz CT molecular complexity index is 562. The molecule has 0 unspecified atom stereocenters. The van der Waals surface area contributed by atoms with E-state index in [4.69, 9.17) is 34.8 Å². The van der Waals surface area contributed by atoms with Crippen LogP contribution in [0.3, 0.4) is 0 Å². The summed E-state index contributed by atoms with van der Waals surface area (Å²) >= 11 is 17.6. The van der Waals surface area contributed by atoms with E-state index in [2.05, 4.69) is 15.3 Å². The first kappa shape index (κ1) is 12.4. The molecule has 88 valence electrons. The van der Waals surface area contributed by atoms with Crippen molar-refractivity contribution < 1.29 is 4.39 Å². The Labute approximate surface area is 112 Å². The van der Waals surface area contributed by atoms with E-state index < -0.39 is 5.95 Å². The van der Waals surface area contributed by atoms with Gasteiger partial charge in [0.2, 0.25) is 5.95 Å². The minimum atomic E-state index is -0.640. The Morgan fingerprint density at radius 2 is 1.65 bits per heavy atom. The molecule has 1 aromatic heterocycles. The van der Waals surface area contributed by atoms with Crippen LogP contribution in [0.25, 0.3) is 0 Å². The molecule has 0 radical (unpaired) electrons. The van der Waals surface area contributed by atoms with Crippen LogP contribution in [0.15, 0.2) is 24.5 Å². The van der Waals surface area contributed by atoms with Gasteiger partial charge >= 0.3 is 0 Å². The van der Waals surface area contributed by atoms with Crippen molar-refractivity contribution in [3.05, 3.63) is 45.5 Å². The van der Waals surface area contributed by atoms with Crippen LogP contribution < -0.4 is 5.32 Å². The van der Waals surface area contributed by atoms with Crippen molar-refractivity contribution >= 4 is 46.3 Å². The SMILES string of the molecule is Fc1cc(Nc2cc(Cl)c(Cl)cc2Cl)ncn1. The van der Waals surface area contributed by atoms with Crippen molar-refractivity contribution in [3.8, 4) is 0 Å². The number of benzene rings is 1. The van der Waals surface area contributed by atoms with Crippen LogP contribution in [-0.2, 0) is 0 Å². The largest absolute Gasteiger partial charge is 0.339 e. The minimum absolute atomic E-state index is 0.276. The first-order chi connectivity index (χ1) is 8.06. The van der Waals surface area contributed by atoms with Crippen molar-refractivity contribution in [3.63, 3.8) is 0 Å². The smallest absolute Gasteiger partial charge is 0.218 e. The van der Waals surface area contributed by atoms with Crippen LogP contribution >= 0.6 is 34.8 Å². The van der Waals surface area contributed by atoms with Gasteiger partial charge < -0.3 is 5.32 Å². The second-order valence-electron chi connectivity index (χ2n) is 3.10. The molecule has 1 aromatic carbocycles. The third-order valence-electron chi connectivity index (χ3n) is 1.91. The van der Waals surface area contributed by atoms with E-state index in [1.807, 2.05) is 0 Å². The zero-order chi connectivity index (χ0) is 12.4. The molecule has 3 nitrogen and oxygen atoms in total. The molecule has 0 saturated carbocycles. The lowest BCUT2D eigenvalue weighted by molar-refractivity contribution is 0.580. The standard InChI is InChI=1S/C10H5Cl3FN3/c11-5-1-7(13)8(2-6(5)12)17-10-3-9(14)15-4-16-10/h1-4H,(H,15,16,17). The molecule has 17 heavy (non-hydrogen) atoms. The minimum Gasteiger partial charge on any atom is -0.339 e. The molecule has 0 bridgehead atoms. The van der Waals surface area contributed by atoms with E-state index in [-0.39, 0.29) is 5.82 Å². The van der Waals surface area contributed by atoms with E-state index in [0.29, 0.717) is 20.8 Å². The first-order valence-corrected chi connectivity index (χ1v) is 5.59. The predicted molar refractivity (Wildman–Crippen MR) is 66.7 cm³/mol. The third kappa shape index (κ3) is 2.97. The van der Waals surface area contributed by atoms with Crippen LogP contribution in [-0.4, -0.2) is 9.97 Å². The van der Waals surface area contributed by atoms with Gasteiger partial charge in [0.05, 0.1) is 20.8 Å². The summed E-state index contributed by atoms with van der Waals surface area (Å²) in [5.41, 5.74) is 0.485. The number of rotatable bonds is 2. The van der Waals surface area contributed by atoms with Gasteiger partial charge in [0.15, 0.2) is 0 Å². The maximum absolute atomic E-state index is 12.8. The second kappa shape index (κ2) is 5.04. The first-order valence-electron chi connectivity index (χ1n) is 4.45. The molecule has 1 N–H and O–H groups in total. The van der Waals surface area contributed by atoms with Crippen LogP contribution in [0.2, 0.25) is 15.1 Å². The second-order valence-corrected chi connectivity index (χ2v) is 4.32. The van der Waals surface area contributed by atoms with Crippen LogP contribution in [0.1, 0.15) is 0 Å². The summed E-state index contributed by atoms with van der Waals surface area (Å²) in [5, 5.41) is 3.86. The Balaban J connectivity index is 2.33. The highest BCUT2D eigenvalue weighted by molar-refractivity contribution is 6.44. The fourth-order valence-electron chi connectivity index (χ4n) is 1.16. The molecule has 2 rings (SSSR count). The Morgan fingerprint density at radius 1 is 0.941 bits per heavy atom. The predicted octanol–water partition coefficient (Wildman–Crippen LogP) is 4.32. The maximum atomic E-state index is 12.8. The molecule has 0 atom stereocenters. The molecule has 0 aliphatic rings. The van der Waals surface area contributed by atoms with E-state index in [0.717, 1.165) is 12.4 Å². The van der Waals surface area contributed by atoms with Gasteiger partial charge in [-0.2, -0.15) is 4.39 Å². The molecular formula is C10H5Cl3FN3. The van der Waals surface area contributed by atoms with Crippen molar-refractivity contribution in [2.24, 2.45) is 0 Å². The van der Waals surface area contributed by atoms with E-state index >= 15 is 0 Å². The highest BCUT2D eigenvalue weighted by atomic mass is 35.5. The average Bonchev–Trinajstić information content (AvgIpc) is 2.26. The molecule has 0 aliphatic heterocycles. The maximum Gasteiger partial charge on any atom is 0.218 e. The van der Waals surface area contributed by atoms with E-state index in [1.54, 1.807) is 0 Å². The van der Waals surface area contributed by atoms with Gasteiger partial charge in [-0.05, 0) is 12.1 Å². The highest BCUT2D eigenvalue weighted by Crippen LogP contribution is 2.33. The van der Waals surface area contributed by atoms with Gasteiger partial charge in [-0.25, -0.2) is 9.97 Å². The molecule has 0 amide bonds. The van der Waals surface area contributed by atoms with Gasteiger partial charge in [-0.15, -0.1) is 0 Å². The van der Waals surface area contributed by atoms with Crippen LogP contribution in [0.4, 0.5) is 15.9 Å². The van der Waals surface area contributed by atoms with Crippen LogP contribution in [0, 0.1) is 5.95 Å². The summed E-state index contributed by atoms with van der Waals surface area (Å²) in [6, 6.07) is 4.16. The van der Waals surface area contributed by atoms with Crippen LogP contribution in [0.5, 0.6) is 0 Å². The van der Waals surface area contributed by atoms with Gasteiger partial charge in [-0.1, -0.05) is 34.8 Å². The van der Waals surface area contributed by atoms with E-state index in [9.17, 15) is 4.39 Å². The number of hydrogen-bond donors (Lipinski definition) is 1. The quantitative estimate of drug-likeness (QED) is 0.661. The summed E-state index contributed by atoms with van der Waals surface area (Å²) in [6.45, 7) is 0. The fourth-order valence-corrected chi connectivity index (χ4v) is 1.75. The number of nitrogens with one attached hydrogen (secondary N) is 1. The Kier molecular flexibility index (Phi) is 3.66. The molecule has 0 saturated heterocycles. The number of halogens is 4. The van der Waals surface area contributed by atoms with E-state index in [1.165, 1.54) is 12.1 Å². The molecule has 0 fully saturated rings. The summed E-state index contributed by atoms with van der Waals surface area (Å²) in [4.78, 5) is 7.17. The van der Waals surface area contributed by atoms with Gasteiger partial charge in [0, 0.05) is 6.07 Å². The summed E-state index contributed by atoms with van der Waals surface area (Å²) in [5.74, 6) is -0.364. The Morgan fingerprint density at radius 3 is 2.35 bits per heavy atom. The molecule has 0 aliphatic carbocycles. The zero-order valence-corrected chi connectivity index (χ0v) is 10.5. The number of anilines is 2. The van der Waals surface area contributed by atoms with Crippen molar-refractivity contribution in [2.45, 2.75) is 0 Å². The zero-order valence-electron chi connectivity index (χ0n) is 8.22. The highest BCUT2D eigenvalue weighted by Gasteiger charge is 2.07. The molecule has 2 aromatic rings. The fraction of sp³-hybridized carbons (Fsp3) is 0. The summed E-state index contributed by atoms with van der Waals surface area (Å²) in [6.07, 6.45) is 1.10. The lowest BCUT2D eigenvalue weighted by Crippen LogP contribution is -1.96. The summed E-state index contributed by atoms with van der Waals surface area (Å²) in [7, 11) is 0.